The number of aromatic nitrogens is 7. The molecule has 0 saturated carbocycles. The molecule has 0 amide bonds. The number of hydrogen-bond acceptors (Lipinski definition) is 10. The van der Waals surface area contributed by atoms with Gasteiger partial charge in [0.2, 0.25) is 0 Å². The van der Waals surface area contributed by atoms with Crippen LogP contribution in [0, 0.1) is 0 Å². The topological polar surface area (TPSA) is 125 Å². The molecule has 0 bridgehead atoms. The van der Waals surface area contributed by atoms with Crippen LogP contribution in [0.4, 0.5) is 37.8 Å². The van der Waals surface area contributed by atoms with E-state index in [1.54, 1.807) is 40.8 Å². The van der Waals surface area contributed by atoms with Gasteiger partial charge in [-0.3, -0.25) is 4.79 Å². The van der Waals surface area contributed by atoms with Gasteiger partial charge in [0.1, 0.15) is 29.6 Å². The summed E-state index contributed by atoms with van der Waals surface area (Å²) in [5.74, 6) is 1.67. The molecular formula is C27H27F6N9O3. The Hall–Kier alpha value is -4.74. The van der Waals surface area contributed by atoms with E-state index in [2.05, 4.69) is 30.5 Å². The average Bonchev–Trinajstić information content (AvgIpc) is 3.40. The molecule has 240 valence electrons. The standard InChI is InChI=1S/C27H27F6N9O3/c1-16(37-19-9-36-42(25(43)24(19)27(31,32)33)12-17-3-5-18(44-2)6-4-17)14-45-15-21-38-23-13-40(7-8-41(23)39-21)22-11-34-20(10-35-22)26(28,29)30/h3-6,9-11,16,37H,7-8,12-15H2,1-2H3/t16-/m0/s1. The minimum absolute atomic E-state index is 0.0522. The van der Waals surface area contributed by atoms with E-state index >= 15 is 0 Å². The predicted octanol–water partition coefficient (Wildman–Crippen LogP) is 3.76. The van der Waals surface area contributed by atoms with Crippen LogP contribution in [-0.2, 0) is 43.3 Å². The van der Waals surface area contributed by atoms with Crippen LogP contribution in [-0.4, -0.2) is 60.8 Å². The summed E-state index contributed by atoms with van der Waals surface area (Å²) >= 11 is 0. The van der Waals surface area contributed by atoms with E-state index in [1.165, 1.54) is 7.11 Å². The van der Waals surface area contributed by atoms with Gasteiger partial charge in [0.15, 0.2) is 11.5 Å². The number of hydrogen-bond donors (Lipinski definition) is 1. The Balaban J connectivity index is 1.18. The molecule has 1 atom stereocenters. The molecule has 1 N–H and O–H groups in total. The lowest BCUT2D eigenvalue weighted by Gasteiger charge is -2.27. The number of alkyl halides is 6. The first-order valence-electron chi connectivity index (χ1n) is 13.5. The van der Waals surface area contributed by atoms with E-state index in [9.17, 15) is 31.1 Å². The highest BCUT2D eigenvalue weighted by molar-refractivity contribution is 5.50. The molecule has 0 saturated heterocycles. The minimum atomic E-state index is -4.94. The van der Waals surface area contributed by atoms with Crippen molar-refractivity contribution in [1.82, 2.24) is 34.5 Å². The van der Waals surface area contributed by atoms with Crippen LogP contribution in [0.3, 0.4) is 0 Å². The Morgan fingerprint density at radius 1 is 1.00 bits per heavy atom. The molecule has 0 unspecified atom stereocenters. The molecule has 0 fully saturated rings. The van der Waals surface area contributed by atoms with Crippen LogP contribution >= 0.6 is 0 Å². The molecule has 18 heteroatoms. The average molecular weight is 640 g/mol. The monoisotopic (exact) mass is 639 g/mol. The fourth-order valence-corrected chi connectivity index (χ4v) is 4.60. The van der Waals surface area contributed by atoms with Crippen molar-refractivity contribution >= 4 is 11.5 Å². The van der Waals surface area contributed by atoms with E-state index < -0.39 is 40.9 Å². The van der Waals surface area contributed by atoms with Crippen molar-refractivity contribution in [3.05, 3.63) is 81.7 Å². The fourth-order valence-electron chi connectivity index (χ4n) is 4.60. The number of anilines is 2. The Morgan fingerprint density at radius 3 is 2.40 bits per heavy atom. The van der Waals surface area contributed by atoms with Crippen molar-refractivity contribution in [3.63, 3.8) is 0 Å². The molecule has 45 heavy (non-hydrogen) atoms. The highest BCUT2D eigenvalue weighted by atomic mass is 19.4. The summed E-state index contributed by atoms with van der Waals surface area (Å²) < 4.78 is 93.3. The van der Waals surface area contributed by atoms with Gasteiger partial charge in [-0.15, -0.1) is 0 Å². The van der Waals surface area contributed by atoms with Gasteiger partial charge in [0.05, 0.1) is 57.6 Å². The van der Waals surface area contributed by atoms with Crippen LogP contribution < -0.4 is 20.5 Å². The number of nitrogens with zero attached hydrogens (tertiary/aromatic N) is 8. The Bertz CT molecular complexity index is 1670. The van der Waals surface area contributed by atoms with Gasteiger partial charge >= 0.3 is 12.4 Å². The second-order valence-electron chi connectivity index (χ2n) is 10.1. The minimum Gasteiger partial charge on any atom is -0.497 e. The molecule has 0 aliphatic carbocycles. The number of halogens is 6. The molecule has 4 heterocycles. The second-order valence-corrected chi connectivity index (χ2v) is 10.1. The largest absolute Gasteiger partial charge is 0.497 e. The number of benzene rings is 1. The van der Waals surface area contributed by atoms with Gasteiger partial charge in [0, 0.05) is 12.6 Å². The molecule has 1 aliphatic rings. The first-order valence-corrected chi connectivity index (χ1v) is 13.5. The van der Waals surface area contributed by atoms with E-state index in [4.69, 9.17) is 9.47 Å². The molecule has 5 rings (SSSR count). The number of methoxy groups -OCH3 is 1. The lowest BCUT2D eigenvalue weighted by atomic mass is 10.2. The summed E-state index contributed by atoms with van der Waals surface area (Å²) in [5, 5.41) is 11.0. The number of ether oxygens (including phenoxy) is 2. The molecule has 1 aromatic carbocycles. The second kappa shape index (κ2) is 12.7. The van der Waals surface area contributed by atoms with E-state index in [0.717, 1.165) is 17.1 Å². The van der Waals surface area contributed by atoms with Gasteiger partial charge in [-0.05, 0) is 24.6 Å². The highest BCUT2D eigenvalue weighted by Crippen LogP contribution is 2.32. The summed E-state index contributed by atoms with van der Waals surface area (Å²) in [5.41, 5.74) is -3.66. The lowest BCUT2D eigenvalue weighted by molar-refractivity contribution is -0.141. The Kier molecular flexibility index (Phi) is 8.94. The van der Waals surface area contributed by atoms with Crippen molar-refractivity contribution in [3.8, 4) is 5.75 Å². The number of fused-ring (bicyclic) bond motifs is 1. The molecular weight excluding hydrogens is 612 g/mol. The number of rotatable bonds is 10. The van der Waals surface area contributed by atoms with Gasteiger partial charge in [-0.1, -0.05) is 12.1 Å². The van der Waals surface area contributed by atoms with Crippen LogP contribution in [0.15, 0.2) is 47.7 Å². The van der Waals surface area contributed by atoms with E-state index in [1.807, 2.05) is 0 Å². The molecule has 0 spiro atoms. The molecule has 0 radical (unpaired) electrons. The molecule has 12 nitrogen and oxygen atoms in total. The van der Waals surface area contributed by atoms with E-state index in [0.29, 0.717) is 42.2 Å². The normalized spacial score (nSPS) is 14.3. The van der Waals surface area contributed by atoms with Crippen LogP contribution in [0.2, 0.25) is 0 Å². The maximum atomic E-state index is 14.0. The highest BCUT2D eigenvalue weighted by Gasteiger charge is 2.38. The summed E-state index contributed by atoms with van der Waals surface area (Å²) in [7, 11) is 1.48. The fraction of sp³-hybridized carbons (Fsp3) is 0.407. The van der Waals surface area contributed by atoms with Crippen molar-refractivity contribution in [2.75, 3.05) is 30.5 Å². The summed E-state index contributed by atoms with van der Waals surface area (Å²) in [4.78, 5) is 26.2. The number of nitrogens with one attached hydrogen (secondary N) is 1. The van der Waals surface area contributed by atoms with Gasteiger partial charge < -0.3 is 19.7 Å². The molecule has 1 aliphatic heterocycles. The Labute approximate surface area is 251 Å². The SMILES string of the molecule is COc1ccc(Cn2ncc(N[C@@H](C)COCc3nc4n(n3)CCN(c3cnc(C(F)(F)F)cn3)C4)c(C(F)(F)F)c2=O)cc1. The van der Waals surface area contributed by atoms with Crippen molar-refractivity contribution < 1.29 is 35.8 Å². The first-order chi connectivity index (χ1) is 21.3. The third-order valence-corrected chi connectivity index (χ3v) is 6.78. The van der Waals surface area contributed by atoms with Crippen LogP contribution in [0.1, 0.15) is 35.4 Å². The van der Waals surface area contributed by atoms with Crippen molar-refractivity contribution in [2.45, 2.75) is 51.6 Å². The summed E-state index contributed by atoms with van der Waals surface area (Å²) in [6.07, 6.45) is -6.85. The van der Waals surface area contributed by atoms with E-state index in [-0.39, 0.29) is 32.1 Å². The summed E-state index contributed by atoms with van der Waals surface area (Å²) in [6.45, 7) is 2.33. The quantitative estimate of drug-likeness (QED) is 0.257. The molecule has 3 aromatic heterocycles. The third kappa shape index (κ3) is 7.50. The first kappa shape index (κ1) is 31.7. The maximum Gasteiger partial charge on any atom is 0.434 e. The molecule has 4 aromatic rings. The zero-order valence-corrected chi connectivity index (χ0v) is 23.9. The predicted molar refractivity (Wildman–Crippen MR) is 146 cm³/mol. The van der Waals surface area contributed by atoms with Gasteiger partial charge in [-0.25, -0.2) is 24.3 Å². The smallest absolute Gasteiger partial charge is 0.434 e. The van der Waals surface area contributed by atoms with Crippen LogP contribution in [0.5, 0.6) is 5.75 Å². The maximum absolute atomic E-state index is 14.0. The summed E-state index contributed by atoms with van der Waals surface area (Å²) in [6, 6.07) is 5.85. The van der Waals surface area contributed by atoms with Crippen molar-refractivity contribution in [1.29, 1.82) is 0 Å². The third-order valence-electron chi connectivity index (χ3n) is 6.78. The lowest BCUT2D eigenvalue weighted by Crippen LogP contribution is -2.35. The van der Waals surface area contributed by atoms with Gasteiger partial charge in [-0.2, -0.15) is 36.5 Å². The van der Waals surface area contributed by atoms with Crippen molar-refractivity contribution in [2.24, 2.45) is 0 Å². The zero-order valence-electron chi connectivity index (χ0n) is 23.9. The zero-order chi connectivity index (χ0) is 32.4. The van der Waals surface area contributed by atoms with Crippen LogP contribution in [0.25, 0.3) is 0 Å². The Morgan fingerprint density at radius 2 is 1.76 bits per heavy atom. The van der Waals surface area contributed by atoms with Gasteiger partial charge in [0.25, 0.3) is 5.56 Å².